The molecule has 1 aliphatic heterocycles. The lowest BCUT2D eigenvalue weighted by molar-refractivity contribution is -0.207. The van der Waals surface area contributed by atoms with E-state index in [0.29, 0.717) is 0 Å². The van der Waals surface area contributed by atoms with Gasteiger partial charge in [0, 0.05) is 6.20 Å². The number of esters is 1. The van der Waals surface area contributed by atoms with Crippen LogP contribution in [0.4, 0.5) is 5.69 Å². The highest BCUT2D eigenvalue weighted by Crippen LogP contribution is 2.15. The fourth-order valence-corrected chi connectivity index (χ4v) is 1.63. The highest BCUT2D eigenvalue weighted by Gasteiger charge is 2.22. The van der Waals surface area contributed by atoms with Gasteiger partial charge in [0.25, 0.3) is 0 Å². The van der Waals surface area contributed by atoms with E-state index in [2.05, 4.69) is 5.53 Å². The second-order valence-corrected chi connectivity index (χ2v) is 4.66. The largest absolute Gasteiger partial charge is 0.461 e. The summed E-state index contributed by atoms with van der Waals surface area (Å²) >= 11 is 0. The number of hydroxylamine groups is 1. The summed E-state index contributed by atoms with van der Waals surface area (Å²) in [6.45, 7) is 5.25. The first kappa shape index (κ1) is 14.4. The molecule has 0 radical (unpaired) electrons. The lowest BCUT2D eigenvalue weighted by atomic mass is 10.3. The highest BCUT2D eigenvalue weighted by molar-refractivity contribution is 5.74. The van der Waals surface area contributed by atoms with Crippen LogP contribution in [0.1, 0.15) is 20.8 Å². The smallest absolute Gasteiger partial charge is 0.338 e. The summed E-state index contributed by atoms with van der Waals surface area (Å²) in [6.07, 6.45) is 2.64. The predicted molar refractivity (Wildman–Crippen MR) is 74.8 cm³/mol. The van der Waals surface area contributed by atoms with Crippen LogP contribution in [-0.4, -0.2) is 23.3 Å². The quantitative estimate of drug-likeness (QED) is 0.830. The van der Waals surface area contributed by atoms with Gasteiger partial charge in [-0.2, -0.15) is 5.17 Å². The van der Waals surface area contributed by atoms with Crippen LogP contribution in [0, 0.1) is 0 Å². The van der Waals surface area contributed by atoms with Crippen molar-refractivity contribution in [2.45, 2.75) is 33.0 Å². The highest BCUT2D eigenvalue weighted by atomic mass is 16.7. The maximum Gasteiger partial charge on any atom is 0.338 e. The zero-order chi connectivity index (χ0) is 14.5. The van der Waals surface area contributed by atoms with E-state index in [4.69, 9.17) is 9.57 Å². The lowest BCUT2D eigenvalue weighted by Gasteiger charge is -2.24. The summed E-state index contributed by atoms with van der Waals surface area (Å²) in [5.74, 6) is -0.395. The van der Waals surface area contributed by atoms with E-state index >= 15 is 0 Å². The fourth-order valence-electron chi connectivity index (χ4n) is 1.63. The molecule has 1 unspecified atom stereocenters. The van der Waals surface area contributed by atoms with Gasteiger partial charge in [0.2, 0.25) is 0 Å². The average Bonchev–Trinajstić information content (AvgIpc) is 2.87. The topological polar surface area (TPSA) is 54.0 Å². The number of hydrogen-bond acceptors (Lipinski definition) is 6. The summed E-state index contributed by atoms with van der Waals surface area (Å²) in [6, 6.07) is 9.74. The summed E-state index contributed by atoms with van der Waals surface area (Å²) in [7, 11) is 0. The number of benzene rings is 1. The van der Waals surface area contributed by atoms with E-state index < -0.39 is 12.1 Å². The first-order chi connectivity index (χ1) is 9.56. The van der Waals surface area contributed by atoms with Gasteiger partial charge in [-0.1, -0.05) is 18.2 Å². The van der Waals surface area contributed by atoms with Gasteiger partial charge < -0.3 is 4.74 Å². The summed E-state index contributed by atoms with van der Waals surface area (Å²) < 4.78 is 5.08. The van der Waals surface area contributed by atoms with E-state index in [0.717, 1.165) is 5.69 Å². The molecule has 20 heavy (non-hydrogen) atoms. The van der Waals surface area contributed by atoms with Crippen LogP contribution in [0.3, 0.4) is 0 Å². The third kappa shape index (κ3) is 3.72. The Kier molecular flexibility index (Phi) is 4.60. The maximum absolute atomic E-state index is 11.7. The number of carbonyl (C=O) groups excluding carboxylic acids is 1. The maximum atomic E-state index is 11.7. The fraction of sp³-hybridized carbons (Fsp3) is 0.357. The predicted octanol–water partition coefficient (Wildman–Crippen LogP) is 1.97. The van der Waals surface area contributed by atoms with Crippen LogP contribution in [0.2, 0.25) is 0 Å². The minimum absolute atomic E-state index is 0.156. The van der Waals surface area contributed by atoms with Crippen LogP contribution in [-0.2, 0) is 14.4 Å². The van der Waals surface area contributed by atoms with Gasteiger partial charge in [-0.05, 0) is 32.9 Å². The molecular weight excluding hydrogens is 258 g/mol. The van der Waals surface area contributed by atoms with Gasteiger partial charge in [-0.3, -0.25) is 5.01 Å². The molecule has 0 saturated carbocycles. The van der Waals surface area contributed by atoms with Crippen LogP contribution < -0.4 is 10.5 Å². The number of nitrogens with zero attached hydrogens (tertiary/aromatic N) is 2. The number of anilines is 1. The molecule has 1 N–H and O–H groups in total. The Balaban J connectivity index is 1.85. The molecule has 0 aromatic heterocycles. The molecule has 108 valence electrons. The Hall–Kier alpha value is -2.05. The molecule has 6 heteroatoms. The number of nitrogens with one attached hydrogen (secondary N) is 1. The van der Waals surface area contributed by atoms with Gasteiger partial charge in [0.1, 0.15) is 0 Å². The van der Waals surface area contributed by atoms with Gasteiger partial charge in [0.05, 0.1) is 18.0 Å². The van der Waals surface area contributed by atoms with Gasteiger partial charge in [-0.25, -0.2) is 9.63 Å². The van der Waals surface area contributed by atoms with Gasteiger partial charge in [-0.15, -0.1) is 5.53 Å². The van der Waals surface area contributed by atoms with Crippen molar-refractivity contribution in [2.75, 3.05) is 5.01 Å². The second kappa shape index (κ2) is 6.40. The van der Waals surface area contributed by atoms with E-state index in [9.17, 15) is 4.79 Å². The first-order valence-corrected chi connectivity index (χ1v) is 6.51. The van der Waals surface area contributed by atoms with Crippen molar-refractivity contribution >= 4 is 11.7 Å². The normalized spacial score (nSPS) is 15.8. The molecule has 2 rings (SSSR count). The van der Waals surface area contributed by atoms with Crippen LogP contribution >= 0.6 is 0 Å². The molecule has 0 amide bonds. The zero-order valence-corrected chi connectivity index (χ0v) is 11.8. The number of rotatable bonds is 5. The van der Waals surface area contributed by atoms with E-state index in [1.165, 1.54) is 5.17 Å². The van der Waals surface area contributed by atoms with Crippen LogP contribution in [0.25, 0.3) is 0 Å². The lowest BCUT2D eigenvalue weighted by Crippen LogP contribution is -2.42. The van der Waals surface area contributed by atoms with Crippen molar-refractivity contribution in [1.82, 2.24) is 10.7 Å². The minimum atomic E-state index is -0.690. The number of hydrazine groups is 2. The molecule has 1 aromatic rings. The van der Waals surface area contributed by atoms with Crippen LogP contribution in [0.5, 0.6) is 0 Å². The number of hydrogen-bond donors (Lipinski definition) is 1. The van der Waals surface area contributed by atoms with Gasteiger partial charge >= 0.3 is 5.97 Å². The summed E-state index contributed by atoms with van der Waals surface area (Å²) in [5.41, 5.74) is 3.94. The van der Waals surface area contributed by atoms with Crippen molar-refractivity contribution in [3.8, 4) is 0 Å². The molecule has 0 saturated heterocycles. The number of para-hydroxylation sites is 1. The molecule has 1 atom stereocenters. The average molecular weight is 277 g/mol. The minimum Gasteiger partial charge on any atom is -0.461 e. The van der Waals surface area contributed by atoms with E-state index in [-0.39, 0.29) is 6.10 Å². The summed E-state index contributed by atoms with van der Waals surface area (Å²) in [4.78, 5) is 17.1. The Morgan fingerprint density at radius 1 is 1.15 bits per heavy atom. The standard InChI is InChI=1S/C14H19N3O3/c1-11(2)19-14(18)12(3)20-17-10-9-16(15-17)13-7-5-4-6-8-13/h4-12,15H,1-3H3. The van der Waals surface area contributed by atoms with Crippen molar-refractivity contribution in [3.63, 3.8) is 0 Å². The van der Waals surface area contributed by atoms with Crippen molar-refractivity contribution < 1.29 is 14.4 Å². The Morgan fingerprint density at radius 2 is 1.85 bits per heavy atom. The number of carbonyl (C=O) groups is 1. The third-order valence-corrected chi connectivity index (χ3v) is 2.55. The van der Waals surface area contributed by atoms with E-state index in [1.807, 2.05) is 30.3 Å². The molecule has 0 aliphatic carbocycles. The first-order valence-electron chi connectivity index (χ1n) is 6.51. The molecule has 0 fully saturated rings. The van der Waals surface area contributed by atoms with E-state index in [1.54, 1.807) is 38.2 Å². The van der Waals surface area contributed by atoms with Crippen molar-refractivity contribution in [3.05, 3.63) is 42.7 Å². The van der Waals surface area contributed by atoms with Crippen molar-refractivity contribution in [1.29, 1.82) is 0 Å². The zero-order valence-electron chi connectivity index (χ0n) is 11.8. The van der Waals surface area contributed by atoms with Gasteiger partial charge in [0.15, 0.2) is 6.10 Å². The monoisotopic (exact) mass is 277 g/mol. The van der Waals surface area contributed by atoms with Crippen LogP contribution in [0.15, 0.2) is 42.7 Å². The molecule has 0 bridgehead atoms. The molecular formula is C14H19N3O3. The molecule has 0 spiro atoms. The Labute approximate surface area is 118 Å². The Morgan fingerprint density at radius 3 is 2.50 bits per heavy atom. The molecule has 1 heterocycles. The number of ether oxygens (including phenoxy) is 1. The summed E-state index contributed by atoms with van der Waals surface area (Å²) in [5, 5.41) is 3.15. The molecule has 1 aromatic carbocycles. The Bertz CT molecular complexity index is 476. The SMILES string of the molecule is CC(C)OC(=O)C(C)ON1C=CN(c2ccccc2)N1. The third-order valence-electron chi connectivity index (χ3n) is 2.55. The molecule has 6 nitrogen and oxygen atoms in total. The second-order valence-electron chi connectivity index (χ2n) is 4.66. The van der Waals surface area contributed by atoms with Crippen molar-refractivity contribution in [2.24, 2.45) is 0 Å². The molecule has 1 aliphatic rings.